The van der Waals surface area contributed by atoms with E-state index in [1.807, 2.05) is 30.3 Å². The predicted octanol–water partition coefficient (Wildman–Crippen LogP) is 3.94. The number of carbonyl (C=O) groups excluding carboxylic acids is 1. The van der Waals surface area contributed by atoms with Crippen LogP contribution in [0.4, 0.5) is 11.4 Å². The van der Waals surface area contributed by atoms with Gasteiger partial charge in [0.1, 0.15) is 0 Å². The maximum absolute atomic E-state index is 11.8. The molecule has 0 unspecified atom stereocenters. The number of rotatable bonds is 4. The molecule has 0 aliphatic rings. The number of hydrogen-bond donors (Lipinski definition) is 2. The minimum atomic E-state index is -0.502. The van der Waals surface area contributed by atoms with E-state index < -0.39 is 5.91 Å². The largest absolute Gasteiger partial charge is 0.320 e. The van der Waals surface area contributed by atoms with Crippen LogP contribution in [0, 0.1) is 0 Å². The molecule has 2 aromatic carbocycles. The molecule has 2 aromatic rings. The SMILES string of the molecule is O=C(Nc1ccc(Cl)cc1)/C(Cl)=N/Nc1ccccc1. The average Bonchev–Trinajstić information content (AvgIpc) is 2.48. The topological polar surface area (TPSA) is 53.5 Å². The number of anilines is 2. The summed E-state index contributed by atoms with van der Waals surface area (Å²) in [5.74, 6) is -0.502. The molecule has 6 heteroatoms. The molecular weight excluding hydrogens is 297 g/mol. The Morgan fingerprint density at radius 2 is 1.60 bits per heavy atom. The zero-order valence-electron chi connectivity index (χ0n) is 10.3. The second kappa shape index (κ2) is 6.93. The summed E-state index contributed by atoms with van der Waals surface area (Å²) in [5, 5.41) is 6.81. The molecule has 0 aromatic heterocycles. The molecule has 0 aliphatic carbocycles. The van der Waals surface area contributed by atoms with Crippen molar-refractivity contribution in [3.63, 3.8) is 0 Å². The van der Waals surface area contributed by atoms with E-state index in [2.05, 4.69) is 15.8 Å². The van der Waals surface area contributed by atoms with E-state index in [1.54, 1.807) is 24.3 Å². The highest BCUT2D eigenvalue weighted by Gasteiger charge is 2.08. The highest BCUT2D eigenvalue weighted by Crippen LogP contribution is 2.13. The van der Waals surface area contributed by atoms with Crippen LogP contribution in [0.3, 0.4) is 0 Å². The van der Waals surface area contributed by atoms with E-state index in [9.17, 15) is 4.79 Å². The molecule has 0 bridgehead atoms. The van der Waals surface area contributed by atoms with Gasteiger partial charge in [0.2, 0.25) is 5.17 Å². The van der Waals surface area contributed by atoms with Crippen molar-refractivity contribution in [1.29, 1.82) is 0 Å². The first-order chi connectivity index (χ1) is 9.65. The van der Waals surface area contributed by atoms with Crippen LogP contribution in [0.15, 0.2) is 59.7 Å². The Bertz CT molecular complexity index is 612. The summed E-state index contributed by atoms with van der Waals surface area (Å²) in [5.41, 5.74) is 4.03. The van der Waals surface area contributed by atoms with Crippen LogP contribution in [0.5, 0.6) is 0 Å². The van der Waals surface area contributed by atoms with E-state index in [0.717, 1.165) is 5.69 Å². The number of carbonyl (C=O) groups is 1. The normalized spacial score (nSPS) is 11.0. The summed E-state index contributed by atoms with van der Waals surface area (Å²) < 4.78 is 0. The lowest BCUT2D eigenvalue weighted by molar-refractivity contribution is -0.110. The Hall–Kier alpha value is -2.04. The highest BCUT2D eigenvalue weighted by atomic mass is 35.5. The number of hydrogen-bond acceptors (Lipinski definition) is 3. The van der Waals surface area contributed by atoms with Gasteiger partial charge in [0.15, 0.2) is 0 Å². The zero-order valence-corrected chi connectivity index (χ0v) is 11.8. The summed E-state index contributed by atoms with van der Waals surface area (Å²) in [6.07, 6.45) is 0. The summed E-state index contributed by atoms with van der Waals surface area (Å²) in [6.45, 7) is 0. The van der Waals surface area contributed by atoms with Crippen LogP contribution in [-0.4, -0.2) is 11.1 Å². The molecule has 2 N–H and O–H groups in total. The number of para-hydroxylation sites is 1. The van der Waals surface area contributed by atoms with Gasteiger partial charge in [0.25, 0.3) is 5.91 Å². The Balaban J connectivity index is 1.96. The van der Waals surface area contributed by atoms with Crippen LogP contribution in [-0.2, 0) is 4.79 Å². The van der Waals surface area contributed by atoms with Crippen molar-refractivity contribution in [3.05, 3.63) is 59.6 Å². The minimum absolute atomic E-state index is 0.191. The van der Waals surface area contributed by atoms with Gasteiger partial charge in [-0.15, -0.1) is 0 Å². The molecule has 0 saturated heterocycles. The van der Waals surface area contributed by atoms with Crippen molar-refractivity contribution in [3.8, 4) is 0 Å². The lowest BCUT2D eigenvalue weighted by Crippen LogP contribution is -2.19. The Morgan fingerprint density at radius 3 is 2.25 bits per heavy atom. The molecule has 0 aliphatic heterocycles. The monoisotopic (exact) mass is 307 g/mol. The second-order valence-corrected chi connectivity index (χ2v) is 4.64. The number of halogens is 2. The van der Waals surface area contributed by atoms with Gasteiger partial charge in [0, 0.05) is 10.7 Å². The number of benzene rings is 2. The van der Waals surface area contributed by atoms with Gasteiger partial charge in [-0.3, -0.25) is 10.2 Å². The van der Waals surface area contributed by atoms with E-state index in [1.165, 1.54) is 0 Å². The van der Waals surface area contributed by atoms with Crippen LogP contribution in [0.25, 0.3) is 0 Å². The molecule has 0 atom stereocenters. The van der Waals surface area contributed by atoms with Gasteiger partial charge in [-0.2, -0.15) is 5.10 Å². The first-order valence-corrected chi connectivity index (χ1v) is 6.52. The second-order valence-electron chi connectivity index (χ2n) is 3.84. The molecule has 2 rings (SSSR count). The van der Waals surface area contributed by atoms with Crippen molar-refractivity contribution in [2.75, 3.05) is 10.7 Å². The first kappa shape index (κ1) is 14.4. The van der Waals surface area contributed by atoms with Crippen molar-refractivity contribution >= 4 is 45.7 Å². The van der Waals surface area contributed by atoms with Crippen molar-refractivity contribution in [2.24, 2.45) is 5.10 Å². The average molecular weight is 308 g/mol. The number of amides is 1. The molecule has 1 amide bonds. The highest BCUT2D eigenvalue weighted by molar-refractivity contribution is 6.84. The first-order valence-electron chi connectivity index (χ1n) is 5.76. The quantitative estimate of drug-likeness (QED) is 0.664. The molecule has 0 fully saturated rings. The van der Waals surface area contributed by atoms with Gasteiger partial charge in [-0.25, -0.2) is 0 Å². The van der Waals surface area contributed by atoms with Gasteiger partial charge in [-0.05, 0) is 36.4 Å². The van der Waals surface area contributed by atoms with Gasteiger partial charge in [0.05, 0.1) is 5.69 Å². The maximum atomic E-state index is 11.8. The van der Waals surface area contributed by atoms with Crippen LogP contribution in [0.1, 0.15) is 0 Å². The summed E-state index contributed by atoms with van der Waals surface area (Å²) in [6, 6.07) is 15.9. The Labute approximate surface area is 126 Å². The third-order valence-corrected chi connectivity index (χ3v) is 2.85. The standard InChI is InChI=1S/C14H11Cl2N3O/c15-10-6-8-11(9-7-10)17-14(20)13(16)19-18-12-4-2-1-3-5-12/h1-9,18H,(H,17,20)/b19-13-. The van der Waals surface area contributed by atoms with E-state index in [0.29, 0.717) is 10.7 Å². The van der Waals surface area contributed by atoms with Gasteiger partial charge >= 0.3 is 0 Å². The lowest BCUT2D eigenvalue weighted by atomic mass is 10.3. The molecule has 0 heterocycles. The number of nitrogens with one attached hydrogen (secondary N) is 2. The van der Waals surface area contributed by atoms with Crippen LogP contribution in [0.2, 0.25) is 5.02 Å². The van der Waals surface area contributed by atoms with Crippen LogP contribution >= 0.6 is 23.2 Å². The molecule has 0 spiro atoms. The summed E-state index contributed by atoms with van der Waals surface area (Å²) in [7, 11) is 0. The molecular formula is C14H11Cl2N3O. The lowest BCUT2D eigenvalue weighted by Gasteiger charge is -2.04. The maximum Gasteiger partial charge on any atom is 0.287 e. The van der Waals surface area contributed by atoms with Crippen molar-refractivity contribution in [2.45, 2.75) is 0 Å². The third-order valence-electron chi connectivity index (χ3n) is 2.35. The Kier molecular flexibility index (Phi) is 4.98. The van der Waals surface area contributed by atoms with Crippen LogP contribution < -0.4 is 10.7 Å². The van der Waals surface area contributed by atoms with Gasteiger partial charge < -0.3 is 5.32 Å². The fourth-order valence-electron chi connectivity index (χ4n) is 1.39. The fourth-order valence-corrected chi connectivity index (χ4v) is 1.61. The molecule has 102 valence electrons. The molecule has 0 saturated carbocycles. The molecule has 20 heavy (non-hydrogen) atoms. The fraction of sp³-hybridized carbons (Fsp3) is 0. The number of hydrazone groups is 1. The van der Waals surface area contributed by atoms with E-state index >= 15 is 0 Å². The molecule has 0 radical (unpaired) electrons. The summed E-state index contributed by atoms with van der Waals surface area (Å²) >= 11 is 11.6. The minimum Gasteiger partial charge on any atom is -0.320 e. The third kappa shape index (κ3) is 4.26. The van der Waals surface area contributed by atoms with E-state index in [4.69, 9.17) is 23.2 Å². The van der Waals surface area contributed by atoms with Crippen molar-refractivity contribution in [1.82, 2.24) is 0 Å². The van der Waals surface area contributed by atoms with Crippen molar-refractivity contribution < 1.29 is 4.79 Å². The number of nitrogens with zero attached hydrogens (tertiary/aromatic N) is 1. The molecule has 4 nitrogen and oxygen atoms in total. The van der Waals surface area contributed by atoms with Gasteiger partial charge in [-0.1, -0.05) is 41.4 Å². The zero-order chi connectivity index (χ0) is 14.4. The smallest absolute Gasteiger partial charge is 0.287 e. The predicted molar refractivity (Wildman–Crippen MR) is 83.4 cm³/mol. The summed E-state index contributed by atoms with van der Waals surface area (Å²) in [4.78, 5) is 11.8. The van der Waals surface area contributed by atoms with E-state index in [-0.39, 0.29) is 5.17 Å². The Morgan fingerprint density at radius 1 is 0.950 bits per heavy atom.